The summed E-state index contributed by atoms with van der Waals surface area (Å²) in [6.45, 7) is 4.29. The molecule has 1 aromatic heterocycles. The minimum absolute atomic E-state index is 0.0210. The summed E-state index contributed by atoms with van der Waals surface area (Å²) in [6.07, 6.45) is 0.372. The molecule has 178 valence electrons. The standard InChI is InChI=1S/C24H25FN4O4S/c1-17-15-28(12-13-29(17)24(30)31)16-18-2-8-21(9-3-18)27-34(32,33)22-10-11-23(26-14-22)19-4-6-20(25)7-5-19/h2-11,14,17,27H,12-13,15-16H2,1H3,(H,30,31)/t17-/m0/s1. The maximum atomic E-state index is 13.1. The molecular formula is C24H25FN4O4S. The fourth-order valence-corrected chi connectivity index (χ4v) is 4.94. The molecule has 2 N–H and O–H groups in total. The number of pyridine rings is 1. The zero-order chi connectivity index (χ0) is 24.3. The Bertz CT molecular complexity index is 1250. The molecule has 0 radical (unpaired) electrons. The van der Waals surface area contributed by atoms with E-state index in [9.17, 15) is 22.7 Å². The van der Waals surface area contributed by atoms with Crippen molar-refractivity contribution in [3.05, 3.63) is 78.2 Å². The van der Waals surface area contributed by atoms with Gasteiger partial charge in [0.15, 0.2) is 0 Å². The van der Waals surface area contributed by atoms with E-state index in [4.69, 9.17) is 0 Å². The number of anilines is 1. The second-order valence-corrected chi connectivity index (χ2v) is 9.93. The van der Waals surface area contributed by atoms with Crippen molar-refractivity contribution < 1.29 is 22.7 Å². The second-order valence-electron chi connectivity index (χ2n) is 8.25. The summed E-state index contributed by atoms with van der Waals surface area (Å²) in [5.74, 6) is -0.353. The number of hydrogen-bond donors (Lipinski definition) is 2. The molecule has 34 heavy (non-hydrogen) atoms. The molecule has 2 aromatic carbocycles. The van der Waals surface area contributed by atoms with Gasteiger partial charge in [0.05, 0.1) is 5.69 Å². The lowest BCUT2D eigenvalue weighted by atomic mass is 10.1. The molecule has 1 aliphatic heterocycles. The molecule has 0 bridgehead atoms. The van der Waals surface area contributed by atoms with Crippen LogP contribution in [0.2, 0.25) is 0 Å². The average Bonchev–Trinajstić information content (AvgIpc) is 2.81. The average molecular weight is 485 g/mol. The van der Waals surface area contributed by atoms with Crippen LogP contribution in [0.1, 0.15) is 12.5 Å². The normalized spacial score (nSPS) is 16.9. The number of nitrogens with zero attached hydrogens (tertiary/aromatic N) is 3. The molecule has 1 atom stereocenters. The maximum absolute atomic E-state index is 13.1. The van der Waals surface area contributed by atoms with Gasteiger partial charge in [-0.3, -0.25) is 14.6 Å². The van der Waals surface area contributed by atoms with Crippen molar-refractivity contribution in [2.75, 3.05) is 24.4 Å². The first-order valence-electron chi connectivity index (χ1n) is 10.8. The van der Waals surface area contributed by atoms with E-state index in [1.807, 2.05) is 19.1 Å². The second kappa shape index (κ2) is 9.78. The van der Waals surface area contributed by atoms with Gasteiger partial charge < -0.3 is 10.0 Å². The fourth-order valence-electron chi connectivity index (χ4n) is 3.94. The van der Waals surface area contributed by atoms with E-state index in [0.29, 0.717) is 43.1 Å². The molecule has 1 amide bonds. The highest BCUT2D eigenvalue weighted by atomic mass is 32.2. The number of halogens is 1. The van der Waals surface area contributed by atoms with Crippen LogP contribution in [0.4, 0.5) is 14.9 Å². The van der Waals surface area contributed by atoms with Crippen LogP contribution in [0.15, 0.2) is 71.8 Å². The molecule has 1 aliphatic rings. The van der Waals surface area contributed by atoms with Gasteiger partial charge in [-0.2, -0.15) is 0 Å². The number of sulfonamides is 1. The highest BCUT2D eigenvalue weighted by Gasteiger charge is 2.26. The first-order valence-corrected chi connectivity index (χ1v) is 12.3. The summed E-state index contributed by atoms with van der Waals surface area (Å²) in [5.41, 5.74) is 2.66. The number of carboxylic acid groups (broad SMARTS) is 1. The number of carbonyl (C=O) groups is 1. The molecule has 8 nitrogen and oxygen atoms in total. The number of hydrogen-bond acceptors (Lipinski definition) is 5. The topological polar surface area (TPSA) is 103 Å². The fraction of sp³-hybridized carbons (Fsp3) is 0.250. The van der Waals surface area contributed by atoms with Gasteiger partial charge in [-0.15, -0.1) is 0 Å². The predicted octanol–water partition coefficient (Wildman–Crippen LogP) is 3.87. The van der Waals surface area contributed by atoms with Crippen molar-refractivity contribution in [3.63, 3.8) is 0 Å². The highest BCUT2D eigenvalue weighted by Crippen LogP contribution is 2.21. The van der Waals surface area contributed by atoms with Crippen LogP contribution < -0.4 is 4.72 Å². The first kappa shape index (κ1) is 23.7. The molecule has 2 heterocycles. The molecule has 1 saturated heterocycles. The van der Waals surface area contributed by atoms with Gasteiger partial charge in [0.25, 0.3) is 10.0 Å². The molecule has 3 aromatic rings. The van der Waals surface area contributed by atoms with E-state index in [-0.39, 0.29) is 16.8 Å². The molecule has 0 saturated carbocycles. The summed E-state index contributed by atoms with van der Waals surface area (Å²) in [6, 6.07) is 15.9. The van der Waals surface area contributed by atoms with Gasteiger partial charge in [-0.1, -0.05) is 12.1 Å². The SMILES string of the molecule is C[C@H]1CN(Cc2ccc(NS(=O)(=O)c3ccc(-c4ccc(F)cc4)nc3)cc2)CCN1C(=O)O. The highest BCUT2D eigenvalue weighted by molar-refractivity contribution is 7.92. The summed E-state index contributed by atoms with van der Waals surface area (Å²) in [7, 11) is -3.82. The van der Waals surface area contributed by atoms with Gasteiger partial charge in [0.2, 0.25) is 0 Å². The summed E-state index contributed by atoms with van der Waals surface area (Å²) >= 11 is 0. The molecule has 10 heteroatoms. The molecule has 0 unspecified atom stereocenters. The van der Waals surface area contributed by atoms with Crippen molar-refractivity contribution in [1.82, 2.24) is 14.8 Å². The molecule has 0 aliphatic carbocycles. The van der Waals surface area contributed by atoms with Crippen LogP contribution in [-0.4, -0.2) is 60.1 Å². The maximum Gasteiger partial charge on any atom is 0.407 e. The van der Waals surface area contributed by atoms with Gasteiger partial charge in [-0.05, 0) is 61.0 Å². The van der Waals surface area contributed by atoms with E-state index in [1.54, 1.807) is 30.3 Å². The Morgan fingerprint density at radius 1 is 1.09 bits per heavy atom. The third-order valence-electron chi connectivity index (χ3n) is 5.76. The monoisotopic (exact) mass is 484 g/mol. The van der Waals surface area contributed by atoms with Crippen LogP contribution in [0, 0.1) is 5.82 Å². The summed E-state index contributed by atoms with van der Waals surface area (Å²) in [5, 5.41) is 9.20. The Kier molecular flexibility index (Phi) is 6.80. The van der Waals surface area contributed by atoms with Gasteiger partial charge >= 0.3 is 6.09 Å². The van der Waals surface area contributed by atoms with Crippen molar-refractivity contribution in [2.45, 2.75) is 24.4 Å². The molecule has 1 fully saturated rings. The Balaban J connectivity index is 1.38. The Morgan fingerprint density at radius 2 is 1.79 bits per heavy atom. The summed E-state index contributed by atoms with van der Waals surface area (Å²) < 4.78 is 41.2. The van der Waals surface area contributed by atoms with E-state index in [2.05, 4.69) is 14.6 Å². The predicted molar refractivity (Wildman–Crippen MR) is 126 cm³/mol. The third-order valence-corrected chi connectivity index (χ3v) is 7.12. The van der Waals surface area contributed by atoms with Crippen LogP contribution in [-0.2, 0) is 16.6 Å². The van der Waals surface area contributed by atoms with E-state index in [1.165, 1.54) is 29.3 Å². The van der Waals surface area contributed by atoms with Gasteiger partial charge in [0.1, 0.15) is 10.7 Å². The Morgan fingerprint density at radius 3 is 2.38 bits per heavy atom. The van der Waals surface area contributed by atoms with Crippen LogP contribution in [0.5, 0.6) is 0 Å². The number of aromatic nitrogens is 1. The minimum Gasteiger partial charge on any atom is -0.465 e. The quantitative estimate of drug-likeness (QED) is 0.551. The summed E-state index contributed by atoms with van der Waals surface area (Å²) in [4.78, 5) is 19.1. The first-order chi connectivity index (χ1) is 16.2. The zero-order valence-corrected chi connectivity index (χ0v) is 19.4. The van der Waals surface area contributed by atoms with Crippen LogP contribution >= 0.6 is 0 Å². The molecule has 0 spiro atoms. The Hall–Kier alpha value is -3.50. The van der Waals surface area contributed by atoms with Crippen LogP contribution in [0.3, 0.4) is 0 Å². The van der Waals surface area contributed by atoms with Gasteiger partial charge in [0, 0.05) is 49.7 Å². The number of amides is 1. The van der Waals surface area contributed by atoms with Gasteiger partial charge in [-0.25, -0.2) is 17.6 Å². The zero-order valence-electron chi connectivity index (χ0n) is 18.6. The molecule has 4 rings (SSSR count). The van der Waals surface area contributed by atoms with Crippen LogP contribution in [0.25, 0.3) is 11.3 Å². The lowest BCUT2D eigenvalue weighted by Gasteiger charge is -2.38. The Labute approximate surface area is 197 Å². The number of benzene rings is 2. The lowest BCUT2D eigenvalue weighted by molar-refractivity contribution is 0.0711. The van der Waals surface area contributed by atoms with E-state index >= 15 is 0 Å². The molecular weight excluding hydrogens is 459 g/mol. The van der Waals surface area contributed by atoms with E-state index < -0.39 is 16.1 Å². The number of rotatable bonds is 6. The van der Waals surface area contributed by atoms with Crippen molar-refractivity contribution >= 4 is 21.8 Å². The van der Waals surface area contributed by atoms with E-state index in [0.717, 1.165) is 5.56 Å². The van der Waals surface area contributed by atoms with Crippen molar-refractivity contribution in [2.24, 2.45) is 0 Å². The lowest BCUT2D eigenvalue weighted by Crippen LogP contribution is -2.53. The van der Waals surface area contributed by atoms with Crippen molar-refractivity contribution in [1.29, 1.82) is 0 Å². The third kappa shape index (κ3) is 5.52. The van der Waals surface area contributed by atoms with Crippen molar-refractivity contribution in [3.8, 4) is 11.3 Å². The number of nitrogens with one attached hydrogen (secondary N) is 1. The minimum atomic E-state index is -3.82. The smallest absolute Gasteiger partial charge is 0.407 e. The number of piperazine rings is 1. The largest absolute Gasteiger partial charge is 0.465 e.